The molecular weight excluding hydrogens is 170 g/mol. The molecule has 0 aliphatic carbocycles. The van der Waals surface area contributed by atoms with Crippen LogP contribution in [0.15, 0.2) is 36.5 Å². The molecule has 0 atom stereocenters. The van der Waals surface area contributed by atoms with Crippen molar-refractivity contribution in [1.29, 1.82) is 0 Å². The third kappa shape index (κ3) is 1.31. The lowest BCUT2D eigenvalue weighted by molar-refractivity contribution is 0.475. The van der Waals surface area contributed by atoms with Gasteiger partial charge in [0.15, 0.2) is 0 Å². The molecule has 2 aromatic rings. The lowest BCUT2D eigenvalue weighted by Gasteiger charge is -1.95. The van der Waals surface area contributed by atoms with Crippen LogP contribution in [0.3, 0.4) is 0 Å². The standard InChI is InChI=1S/C9H7NOS/c11-8-3-1-7(2-4-8)9-5-6-10-12-9/h1-6,11H. The minimum Gasteiger partial charge on any atom is -0.508 e. The van der Waals surface area contributed by atoms with Gasteiger partial charge in [-0.1, -0.05) is 0 Å². The van der Waals surface area contributed by atoms with E-state index >= 15 is 0 Å². The summed E-state index contributed by atoms with van der Waals surface area (Å²) in [6.45, 7) is 0. The molecule has 12 heavy (non-hydrogen) atoms. The predicted octanol–water partition coefficient (Wildman–Crippen LogP) is 2.52. The van der Waals surface area contributed by atoms with E-state index in [2.05, 4.69) is 4.37 Å². The number of phenolic OH excluding ortho intramolecular Hbond substituents is 1. The Balaban J connectivity index is 2.43. The maximum absolute atomic E-state index is 9.04. The van der Waals surface area contributed by atoms with Crippen LogP contribution in [0.4, 0.5) is 0 Å². The first-order valence-electron chi connectivity index (χ1n) is 3.56. The van der Waals surface area contributed by atoms with E-state index in [9.17, 15) is 0 Å². The monoisotopic (exact) mass is 177 g/mol. The van der Waals surface area contributed by atoms with Crippen molar-refractivity contribution in [1.82, 2.24) is 4.37 Å². The molecule has 0 bridgehead atoms. The highest BCUT2D eigenvalue weighted by Gasteiger charge is 1.97. The van der Waals surface area contributed by atoms with Crippen LogP contribution >= 0.6 is 11.5 Å². The SMILES string of the molecule is Oc1ccc(-c2ccns2)cc1. The average molecular weight is 177 g/mol. The maximum Gasteiger partial charge on any atom is 0.115 e. The highest BCUT2D eigenvalue weighted by molar-refractivity contribution is 7.09. The van der Waals surface area contributed by atoms with Crippen LogP contribution < -0.4 is 0 Å². The van der Waals surface area contributed by atoms with Gasteiger partial charge in [0.2, 0.25) is 0 Å². The van der Waals surface area contributed by atoms with Crippen LogP contribution in [0.5, 0.6) is 5.75 Å². The van der Waals surface area contributed by atoms with Crippen molar-refractivity contribution in [3.63, 3.8) is 0 Å². The Kier molecular flexibility index (Phi) is 1.80. The fourth-order valence-corrected chi connectivity index (χ4v) is 1.59. The fourth-order valence-electron chi connectivity index (χ4n) is 0.990. The maximum atomic E-state index is 9.04. The molecule has 3 heteroatoms. The quantitative estimate of drug-likeness (QED) is 0.726. The number of rotatable bonds is 1. The fraction of sp³-hybridized carbons (Fsp3) is 0. The molecule has 1 aromatic carbocycles. The summed E-state index contributed by atoms with van der Waals surface area (Å²) in [7, 11) is 0. The Hall–Kier alpha value is -1.35. The second-order valence-electron chi connectivity index (χ2n) is 2.42. The number of nitrogens with zero attached hydrogens (tertiary/aromatic N) is 1. The first-order valence-corrected chi connectivity index (χ1v) is 4.34. The minimum absolute atomic E-state index is 0.295. The van der Waals surface area contributed by atoms with E-state index < -0.39 is 0 Å². The van der Waals surface area contributed by atoms with Gasteiger partial charge in [-0.15, -0.1) is 0 Å². The van der Waals surface area contributed by atoms with Crippen LogP contribution in [0.25, 0.3) is 10.4 Å². The molecule has 2 rings (SSSR count). The van der Waals surface area contributed by atoms with Gasteiger partial charge in [0.1, 0.15) is 5.75 Å². The zero-order chi connectivity index (χ0) is 8.39. The first kappa shape index (κ1) is 7.31. The number of hydrogen-bond donors (Lipinski definition) is 1. The van der Waals surface area contributed by atoms with E-state index in [0.29, 0.717) is 5.75 Å². The summed E-state index contributed by atoms with van der Waals surface area (Å²) >= 11 is 1.45. The smallest absolute Gasteiger partial charge is 0.115 e. The van der Waals surface area contributed by atoms with E-state index in [-0.39, 0.29) is 0 Å². The molecule has 2 nitrogen and oxygen atoms in total. The Bertz CT molecular complexity index is 353. The van der Waals surface area contributed by atoms with Gasteiger partial charge in [0, 0.05) is 6.20 Å². The predicted molar refractivity (Wildman–Crippen MR) is 49.2 cm³/mol. The Morgan fingerprint density at radius 3 is 2.42 bits per heavy atom. The molecule has 0 amide bonds. The van der Waals surface area contributed by atoms with Crippen molar-refractivity contribution >= 4 is 11.5 Å². The average Bonchev–Trinajstić information content (AvgIpc) is 2.58. The molecule has 1 N–H and O–H groups in total. The van der Waals surface area contributed by atoms with E-state index in [0.717, 1.165) is 10.4 Å². The summed E-state index contributed by atoms with van der Waals surface area (Å²) in [6, 6.07) is 9.06. The first-order chi connectivity index (χ1) is 5.86. The highest BCUT2D eigenvalue weighted by atomic mass is 32.1. The lowest BCUT2D eigenvalue weighted by Crippen LogP contribution is -1.69. The molecule has 60 valence electrons. The molecule has 0 saturated carbocycles. The van der Waals surface area contributed by atoms with Crippen LogP contribution in [0.1, 0.15) is 0 Å². The number of aromatic nitrogens is 1. The van der Waals surface area contributed by atoms with Gasteiger partial charge in [0.25, 0.3) is 0 Å². The van der Waals surface area contributed by atoms with Gasteiger partial charge < -0.3 is 5.11 Å². The summed E-state index contributed by atoms with van der Waals surface area (Å²) in [4.78, 5) is 1.12. The van der Waals surface area contributed by atoms with Crippen molar-refractivity contribution < 1.29 is 5.11 Å². The molecule has 1 aromatic heterocycles. The Labute approximate surface area is 74.3 Å². The van der Waals surface area contributed by atoms with Gasteiger partial charge >= 0.3 is 0 Å². The molecular formula is C9H7NOS. The number of phenols is 1. The zero-order valence-corrected chi connectivity index (χ0v) is 7.08. The van der Waals surface area contributed by atoms with Crippen LogP contribution in [-0.2, 0) is 0 Å². The molecule has 0 aliphatic rings. The van der Waals surface area contributed by atoms with E-state index in [1.807, 2.05) is 18.2 Å². The summed E-state index contributed by atoms with van der Waals surface area (Å²) in [5, 5.41) is 9.04. The molecule has 0 saturated heterocycles. The molecule has 0 unspecified atom stereocenters. The molecule has 0 fully saturated rings. The van der Waals surface area contributed by atoms with Gasteiger partial charge in [-0.3, -0.25) is 0 Å². The number of hydrogen-bond acceptors (Lipinski definition) is 3. The number of benzene rings is 1. The molecule has 1 heterocycles. The zero-order valence-electron chi connectivity index (χ0n) is 6.27. The second-order valence-corrected chi connectivity index (χ2v) is 3.26. The van der Waals surface area contributed by atoms with E-state index in [1.165, 1.54) is 11.5 Å². The Morgan fingerprint density at radius 2 is 1.83 bits per heavy atom. The largest absolute Gasteiger partial charge is 0.508 e. The van der Waals surface area contributed by atoms with Gasteiger partial charge in [-0.05, 0) is 47.4 Å². The van der Waals surface area contributed by atoms with Crippen LogP contribution in [0.2, 0.25) is 0 Å². The van der Waals surface area contributed by atoms with E-state index in [4.69, 9.17) is 5.11 Å². The van der Waals surface area contributed by atoms with E-state index in [1.54, 1.807) is 18.3 Å². The van der Waals surface area contributed by atoms with Crippen molar-refractivity contribution in [3.8, 4) is 16.2 Å². The van der Waals surface area contributed by atoms with Crippen LogP contribution in [-0.4, -0.2) is 9.48 Å². The Morgan fingerprint density at radius 1 is 1.08 bits per heavy atom. The summed E-state index contributed by atoms with van der Waals surface area (Å²) in [5.74, 6) is 0.295. The highest BCUT2D eigenvalue weighted by Crippen LogP contribution is 2.24. The third-order valence-corrected chi connectivity index (χ3v) is 2.39. The summed E-state index contributed by atoms with van der Waals surface area (Å²) in [6.07, 6.45) is 1.77. The van der Waals surface area contributed by atoms with Gasteiger partial charge in [-0.2, -0.15) is 0 Å². The van der Waals surface area contributed by atoms with Crippen molar-refractivity contribution in [2.24, 2.45) is 0 Å². The summed E-state index contributed by atoms with van der Waals surface area (Å²) < 4.78 is 4.00. The number of aromatic hydroxyl groups is 1. The van der Waals surface area contributed by atoms with Crippen molar-refractivity contribution in [2.75, 3.05) is 0 Å². The summed E-state index contributed by atoms with van der Waals surface area (Å²) in [5.41, 5.74) is 1.09. The van der Waals surface area contributed by atoms with Gasteiger partial charge in [-0.25, -0.2) is 4.37 Å². The van der Waals surface area contributed by atoms with Crippen molar-refractivity contribution in [2.45, 2.75) is 0 Å². The topological polar surface area (TPSA) is 33.1 Å². The van der Waals surface area contributed by atoms with Gasteiger partial charge in [0.05, 0.1) is 4.88 Å². The van der Waals surface area contributed by atoms with Crippen LogP contribution in [0, 0.1) is 0 Å². The third-order valence-electron chi connectivity index (χ3n) is 1.59. The molecule has 0 spiro atoms. The lowest BCUT2D eigenvalue weighted by atomic mass is 10.2. The molecule has 0 aliphatic heterocycles. The second kappa shape index (κ2) is 2.95. The molecule has 0 radical (unpaired) electrons. The minimum atomic E-state index is 0.295. The van der Waals surface area contributed by atoms with Crippen molar-refractivity contribution in [3.05, 3.63) is 36.5 Å². The normalized spacial score (nSPS) is 10.0.